The van der Waals surface area contributed by atoms with E-state index >= 15 is 0 Å². The summed E-state index contributed by atoms with van der Waals surface area (Å²) in [5.74, 6) is -1.79. The van der Waals surface area contributed by atoms with Crippen LogP contribution in [0.25, 0.3) is 39.5 Å². The number of nitrogens with one attached hydrogen (secondary N) is 2. The molecule has 0 aliphatic heterocycles. The summed E-state index contributed by atoms with van der Waals surface area (Å²) in [4.78, 5) is 40.5. The lowest BCUT2D eigenvalue weighted by Crippen LogP contribution is -2.36. The molecule has 0 saturated carbocycles. The fourth-order valence-corrected chi connectivity index (χ4v) is 6.02. The van der Waals surface area contributed by atoms with Gasteiger partial charge in [0.25, 0.3) is 17.5 Å². The Balaban J connectivity index is 1.15. The minimum Gasteiger partial charge on any atom is -0.405 e. The number of aryl methyl sites for hydroxylation is 1. The Morgan fingerprint density at radius 1 is 0.741 bits per heavy atom. The number of hydrogen-bond donors (Lipinski definition) is 2. The number of aromatic nitrogens is 9. The number of ether oxygens (including phenoxy) is 1. The highest BCUT2D eigenvalue weighted by molar-refractivity contribution is 6.08. The molecule has 0 radical (unpaired) electrons. The van der Waals surface area contributed by atoms with Crippen LogP contribution >= 0.6 is 0 Å². The van der Waals surface area contributed by atoms with E-state index < -0.39 is 35.7 Å². The second kappa shape index (κ2) is 14.4. The maximum atomic E-state index is 13.8. The van der Waals surface area contributed by atoms with Crippen molar-refractivity contribution in [1.82, 2.24) is 39.3 Å². The van der Waals surface area contributed by atoms with Crippen LogP contribution in [0.2, 0.25) is 0 Å². The Kier molecular flexibility index (Phi) is 9.22. The molecule has 6 heterocycles. The summed E-state index contributed by atoms with van der Waals surface area (Å²) in [6.07, 6.45) is -1.42. The molecule has 58 heavy (non-hydrogen) atoms. The molecule has 8 aromatic rings. The van der Waals surface area contributed by atoms with E-state index in [2.05, 4.69) is 45.6 Å². The van der Waals surface area contributed by atoms with E-state index in [0.717, 1.165) is 12.1 Å². The molecule has 8 rings (SSSR count). The van der Waals surface area contributed by atoms with Gasteiger partial charge in [0.1, 0.15) is 17.5 Å². The lowest BCUT2D eigenvalue weighted by Gasteiger charge is -2.12. The van der Waals surface area contributed by atoms with Crippen molar-refractivity contribution in [2.75, 3.05) is 10.6 Å². The van der Waals surface area contributed by atoms with E-state index in [1.165, 1.54) is 112 Å². The molecule has 0 fully saturated rings. The van der Waals surface area contributed by atoms with Gasteiger partial charge in [-0.1, -0.05) is 35.0 Å². The molecule has 0 spiro atoms. The molecule has 0 unspecified atom stereocenters. The number of alkyl halides is 6. The molecule has 14 nitrogen and oxygen atoms in total. The second-order valence-corrected chi connectivity index (χ2v) is 12.5. The SMILES string of the molecule is Cc1ccc(NC(=O)c2c[n+](-c3cncc(NC(=O)c4cnn5ccc(-c6ccccc6C(F)(F)F)nc45)c3)n3ccc(-c4ccccc4OC(F)(F)F)nc23)nn1. The van der Waals surface area contributed by atoms with Crippen molar-refractivity contribution >= 4 is 34.6 Å². The Bertz CT molecular complexity index is 2870. The number of anilines is 2. The fraction of sp³-hybridized carbons (Fsp3) is 0.0789. The first-order valence-electron chi connectivity index (χ1n) is 16.9. The van der Waals surface area contributed by atoms with Crippen LogP contribution in [0, 0.1) is 6.92 Å². The van der Waals surface area contributed by atoms with Crippen molar-refractivity contribution in [2.45, 2.75) is 19.5 Å². The Morgan fingerprint density at radius 2 is 1.45 bits per heavy atom. The molecule has 2 amide bonds. The van der Waals surface area contributed by atoms with Gasteiger partial charge in [-0.05, 0) is 49.4 Å². The molecule has 0 saturated heterocycles. The van der Waals surface area contributed by atoms with E-state index in [4.69, 9.17) is 0 Å². The van der Waals surface area contributed by atoms with Crippen LogP contribution in [0.15, 0.2) is 116 Å². The highest BCUT2D eigenvalue weighted by Crippen LogP contribution is 2.37. The van der Waals surface area contributed by atoms with Gasteiger partial charge in [0.2, 0.25) is 11.8 Å². The van der Waals surface area contributed by atoms with Crippen molar-refractivity contribution in [3.8, 4) is 34.0 Å². The number of hydrogen-bond acceptors (Lipinski definition) is 9. The molecule has 290 valence electrons. The molecule has 0 atom stereocenters. The number of rotatable bonds is 8. The molecule has 0 aliphatic carbocycles. The van der Waals surface area contributed by atoms with Crippen LogP contribution in [-0.2, 0) is 6.18 Å². The molecule has 2 N–H and O–H groups in total. The average molecular weight is 797 g/mol. The zero-order valence-electron chi connectivity index (χ0n) is 29.5. The van der Waals surface area contributed by atoms with Crippen LogP contribution < -0.4 is 20.1 Å². The Hall–Kier alpha value is -7.77. The molecule has 0 bridgehead atoms. The largest absolute Gasteiger partial charge is 0.573 e. The predicted molar refractivity (Wildman–Crippen MR) is 193 cm³/mol. The van der Waals surface area contributed by atoms with Gasteiger partial charge in [0.15, 0.2) is 17.0 Å². The number of nitrogens with zero attached hydrogens (tertiary/aromatic N) is 9. The first-order chi connectivity index (χ1) is 27.7. The van der Waals surface area contributed by atoms with Crippen molar-refractivity contribution in [3.05, 3.63) is 138 Å². The maximum absolute atomic E-state index is 13.8. The lowest BCUT2D eigenvalue weighted by atomic mass is 10.0. The summed E-state index contributed by atoms with van der Waals surface area (Å²) < 4.78 is 89.6. The van der Waals surface area contributed by atoms with E-state index in [-0.39, 0.29) is 56.4 Å². The van der Waals surface area contributed by atoms with Gasteiger partial charge in [0, 0.05) is 23.4 Å². The third-order valence-corrected chi connectivity index (χ3v) is 8.58. The number of carbonyl (C=O) groups excluding carboxylic acids is 2. The zero-order valence-corrected chi connectivity index (χ0v) is 29.5. The van der Waals surface area contributed by atoms with Crippen molar-refractivity contribution in [3.63, 3.8) is 0 Å². The normalized spacial score (nSPS) is 11.8. The van der Waals surface area contributed by atoms with Crippen LogP contribution in [0.3, 0.4) is 0 Å². The van der Waals surface area contributed by atoms with Crippen LogP contribution in [0.1, 0.15) is 32.0 Å². The number of fused-ring (bicyclic) bond motifs is 2. The van der Waals surface area contributed by atoms with Gasteiger partial charge in [-0.3, -0.25) is 14.6 Å². The summed E-state index contributed by atoms with van der Waals surface area (Å²) >= 11 is 0. The minimum atomic E-state index is -4.99. The number of amides is 2. The number of para-hydroxylation sites is 1. The number of halogens is 6. The third-order valence-electron chi connectivity index (χ3n) is 8.58. The Morgan fingerprint density at radius 3 is 2.21 bits per heavy atom. The van der Waals surface area contributed by atoms with E-state index in [1.807, 2.05) is 0 Å². The van der Waals surface area contributed by atoms with Crippen molar-refractivity contribution < 1.29 is 45.4 Å². The standard InChI is InChI=1S/C38H23F6N11O3/c1-21-10-11-32(52-51-21)50-36(57)27-20-55(54-15-13-30(49-34(27)54)25-7-3-5-9-31(25)58-38(42,43)44)23-16-22(17-45-18-23)47-35(56)26-19-46-53-14-12-29(48-33(26)53)24-6-2-4-8-28(24)37(39,40)41/h2-20H,1H3,(H-,47,50,52,56,57)/p+1. The lowest BCUT2D eigenvalue weighted by molar-refractivity contribution is -0.667. The minimum absolute atomic E-state index is 0.00364. The van der Waals surface area contributed by atoms with Gasteiger partial charge in [0.05, 0.1) is 46.9 Å². The Labute approximate surface area is 321 Å². The van der Waals surface area contributed by atoms with E-state index in [0.29, 0.717) is 11.4 Å². The number of benzene rings is 2. The molecule has 2 aromatic carbocycles. The van der Waals surface area contributed by atoms with E-state index in [9.17, 15) is 35.9 Å². The summed E-state index contributed by atoms with van der Waals surface area (Å²) in [6, 6.07) is 17.8. The quantitative estimate of drug-likeness (QED) is 0.123. The summed E-state index contributed by atoms with van der Waals surface area (Å²) in [7, 11) is 0. The molecule has 20 heteroatoms. The van der Waals surface area contributed by atoms with Crippen LogP contribution in [0.4, 0.5) is 37.8 Å². The first kappa shape index (κ1) is 37.2. The van der Waals surface area contributed by atoms with Gasteiger partial charge < -0.3 is 15.4 Å². The second-order valence-electron chi connectivity index (χ2n) is 12.5. The van der Waals surface area contributed by atoms with E-state index in [1.54, 1.807) is 13.0 Å². The summed E-state index contributed by atoms with van der Waals surface area (Å²) in [5.41, 5.74) is -0.103. The monoisotopic (exact) mass is 796 g/mol. The highest BCUT2D eigenvalue weighted by Gasteiger charge is 2.35. The van der Waals surface area contributed by atoms with Crippen LogP contribution in [0.5, 0.6) is 5.75 Å². The fourth-order valence-electron chi connectivity index (χ4n) is 6.02. The van der Waals surface area contributed by atoms with Gasteiger partial charge in [-0.2, -0.15) is 23.4 Å². The summed E-state index contributed by atoms with van der Waals surface area (Å²) in [5, 5.41) is 17.4. The first-order valence-corrected chi connectivity index (χ1v) is 16.9. The predicted octanol–water partition coefficient (Wildman–Crippen LogP) is 6.90. The number of carbonyl (C=O) groups is 2. The van der Waals surface area contributed by atoms with Gasteiger partial charge in [-0.15, -0.1) is 22.8 Å². The van der Waals surface area contributed by atoms with Gasteiger partial charge >= 0.3 is 12.5 Å². The van der Waals surface area contributed by atoms with Crippen molar-refractivity contribution in [2.24, 2.45) is 0 Å². The smallest absolute Gasteiger partial charge is 0.405 e. The van der Waals surface area contributed by atoms with Crippen LogP contribution in [-0.4, -0.2) is 57.5 Å². The van der Waals surface area contributed by atoms with Gasteiger partial charge in [-0.25, -0.2) is 14.5 Å². The molecular weight excluding hydrogens is 772 g/mol. The zero-order chi connectivity index (χ0) is 40.8. The summed E-state index contributed by atoms with van der Waals surface area (Å²) in [6.45, 7) is 1.71. The third kappa shape index (κ3) is 7.44. The molecular formula is C38H24F6N11O3+. The highest BCUT2D eigenvalue weighted by atomic mass is 19.4. The maximum Gasteiger partial charge on any atom is 0.573 e. The topological polar surface area (TPSA) is 157 Å². The number of pyridine rings is 1. The molecule has 0 aliphatic rings. The average Bonchev–Trinajstić information content (AvgIpc) is 3.80. The van der Waals surface area contributed by atoms with Crippen molar-refractivity contribution in [1.29, 1.82) is 0 Å². The molecule has 6 aromatic heterocycles.